The van der Waals surface area contributed by atoms with Gasteiger partial charge in [0.1, 0.15) is 0 Å². The Morgan fingerprint density at radius 2 is 2.06 bits per heavy atom. The van der Waals surface area contributed by atoms with E-state index in [9.17, 15) is 4.79 Å². The smallest absolute Gasteiger partial charge is 0.258 e. The zero-order valence-electron chi connectivity index (χ0n) is 9.44. The first-order chi connectivity index (χ1) is 8.34. The molecule has 0 radical (unpaired) electrons. The minimum atomic E-state index is -0.0769. The maximum absolute atomic E-state index is 11.7. The number of benzene rings is 1. The summed E-state index contributed by atoms with van der Waals surface area (Å²) in [4.78, 5) is 20.7. The molecule has 0 saturated carbocycles. The van der Waals surface area contributed by atoms with E-state index in [1.165, 1.54) is 6.33 Å². The van der Waals surface area contributed by atoms with Crippen LogP contribution in [0.5, 0.6) is 0 Å². The summed E-state index contributed by atoms with van der Waals surface area (Å²) in [6.45, 7) is 3.93. The summed E-state index contributed by atoms with van der Waals surface area (Å²) in [5, 5.41) is 3.97. The normalized spacial score (nSPS) is 16.4. The Kier molecular flexibility index (Phi) is 2.53. The number of aromatic nitrogens is 2. The van der Waals surface area contributed by atoms with Crippen LogP contribution in [-0.2, 0) is 0 Å². The van der Waals surface area contributed by atoms with E-state index in [4.69, 9.17) is 0 Å². The van der Waals surface area contributed by atoms with Gasteiger partial charge in [-0.15, -0.1) is 0 Å². The van der Waals surface area contributed by atoms with Crippen LogP contribution in [0.1, 0.15) is 0 Å². The number of hydrogen-bond donors (Lipinski definition) is 2. The predicted molar refractivity (Wildman–Crippen MR) is 67.4 cm³/mol. The standard InChI is InChI=1S/C12H14N4O/c17-12-10-7-9(16-5-3-13-4-6-16)1-2-11(10)14-8-15-12/h1-2,7-8,13H,3-6H2,(H,14,15,17). The number of nitrogens with one attached hydrogen (secondary N) is 2. The Morgan fingerprint density at radius 1 is 1.24 bits per heavy atom. The van der Waals surface area contributed by atoms with Crippen molar-refractivity contribution < 1.29 is 0 Å². The molecule has 0 unspecified atom stereocenters. The molecule has 1 fully saturated rings. The summed E-state index contributed by atoms with van der Waals surface area (Å²) in [5.74, 6) is 0. The van der Waals surface area contributed by atoms with E-state index in [-0.39, 0.29) is 5.56 Å². The zero-order chi connectivity index (χ0) is 11.7. The van der Waals surface area contributed by atoms with Crippen LogP contribution in [0.15, 0.2) is 29.3 Å². The van der Waals surface area contributed by atoms with E-state index in [2.05, 4.69) is 20.2 Å². The van der Waals surface area contributed by atoms with E-state index in [1.54, 1.807) is 0 Å². The fraction of sp³-hybridized carbons (Fsp3) is 0.333. The fourth-order valence-electron chi connectivity index (χ4n) is 2.18. The van der Waals surface area contributed by atoms with Gasteiger partial charge in [0.25, 0.3) is 5.56 Å². The zero-order valence-corrected chi connectivity index (χ0v) is 9.44. The van der Waals surface area contributed by atoms with Crippen LogP contribution in [0, 0.1) is 0 Å². The monoisotopic (exact) mass is 230 g/mol. The minimum Gasteiger partial charge on any atom is -0.369 e. The summed E-state index contributed by atoms with van der Waals surface area (Å²) in [5.41, 5.74) is 1.76. The number of fused-ring (bicyclic) bond motifs is 1. The van der Waals surface area contributed by atoms with Crippen LogP contribution in [0.2, 0.25) is 0 Å². The van der Waals surface area contributed by atoms with Crippen LogP contribution >= 0.6 is 0 Å². The summed E-state index contributed by atoms with van der Waals surface area (Å²) in [6.07, 6.45) is 1.44. The van der Waals surface area contributed by atoms with Crippen LogP contribution in [0.4, 0.5) is 5.69 Å². The molecular weight excluding hydrogens is 216 g/mol. The molecule has 0 bridgehead atoms. The second-order valence-electron chi connectivity index (χ2n) is 4.17. The molecule has 2 heterocycles. The lowest BCUT2D eigenvalue weighted by molar-refractivity contribution is 0.589. The molecule has 0 atom stereocenters. The molecule has 1 aliphatic rings. The van der Waals surface area contributed by atoms with Crippen molar-refractivity contribution in [3.8, 4) is 0 Å². The van der Waals surface area contributed by atoms with Gasteiger partial charge in [-0.1, -0.05) is 0 Å². The molecule has 1 aliphatic heterocycles. The molecule has 5 nitrogen and oxygen atoms in total. The van der Waals surface area contributed by atoms with E-state index < -0.39 is 0 Å². The van der Waals surface area contributed by atoms with Crippen LogP contribution in [0.25, 0.3) is 10.9 Å². The Morgan fingerprint density at radius 3 is 2.88 bits per heavy atom. The maximum atomic E-state index is 11.7. The molecule has 88 valence electrons. The third-order valence-electron chi connectivity index (χ3n) is 3.11. The topological polar surface area (TPSA) is 61.0 Å². The molecule has 0 amide bonds. The summed E-state index contributed by atoms with van der Waals surface area (Å²) in [7, 11) is 0. The minimum absolute atomic E-state index is 0.0769. The number of nitrogens with zero attached hydrogens (tertiary/aromatic N) is 2. The van der Waals surface area contributed by atoms with Gasteiger partial charge in [-0.2, -0.15) is 0 Å². The van der Waals surface area contributed by atoms with Gasteiger partial charge in [-0.25, -0.2) is 4.98 Å². The van der Waals surface area contributed by atoms with Crippen molar-refractivity contribution in [1.82, 2.24) is 15.3 Å². The van der Waals surface area contributed by atoms with Crippen molar-refractivity contribution in [2.45, 2.75) is 0 Å². The molecule has 2 N–H and O–H groups in total. The highest BCUT2D eigenvalue weighted by molar-refractivity contribution is 5.81. The molecular formula is C12H14N4O. The van der Waals surface area contributed by atoms with Crippen LogP contribution < -0.4 is 15.8 Å². The molecule has 1 saturated heterocycles. The Labute approximate surface area is 98.5 Å². The van der Waals surface area contributed by atoms with E-state index in [1.807, 2.05) is 18.2 Å². The number of H-pyrrole nitrogens is 1. The SMILES string of the molecule is O=c1[nH]cnc2ccc(N3CCNCC3)cc12. The van der Waals surface area contributed by atoms with Crippen LogP contribution in [-0.4, -0.2) is 36.1 Å². The van der Waals surface area contributed by atoms with Crippen molar-refractivity contribution >= 4 is 16.6 Å². The number of aromatic amines is 1. The van der Waals surface area contributed by atoms with Gasteiger partial charge in [0.05, 0.1) is 17.2 Å². The van der Waals surface area contributed by atoms with Crippen molar-refractivity contribution in [3.63, 3.8) is 0 Å². The molecule has 5 heteroatoms. The van der Waals surface area contributed by atoms with Crippen molar-refractivity contribution in [3.05, 3.63) is 34.9 Å². The molecule has 3 rings (SSSR count). The molecule has 2 aromatic rings. The molecule has 0 aliphatic carbocycles. The van der Waals surface area contributed by atoms with Crippen molar-refractivity contribution in [1.29, 1.82) is 0 Å². The van der Waals surface area contributed by atoms with Gasteiger partial charge in [-0.05, 0) is 18.2 Å². The van der Waals surface area contributed by atoms with E-state index in [0.29, 0.717) is 5.39 Å². The average molecular weight is 230 g/mol. The lowest BCUT2D eigenvalue weighted by Crippen LogP contribution is -2.43. The van der Waals surface area contributed by atoms with Gasteiger partial charge in [0.15, 0.2) is 0 Å². The van der Waals surface area contributed by atoms with Gasteiger partial charge < -0.3 is 15.2 Å². The maximum Gasteiger partial charge on any atom is 0.258 e. The number of rotatable bonds is 1. The lowest BCUT2D eigenvalue weighted by Gasteiger charge is -2.29. The first kappa shape index (κ1) is 10.3. The van der Waals surface area contributed by atoms with Gasteiger partial charge >= 0.3 is 0 Å². The second-order valence-corrected chi connectivity index (χ2v) is 4.17. The number of anilines is 1. The largest absolute Gasteiger partial charge is 0.369 e. The predicted octanol–water partition coefficient (Wildman–Crippen LogP) is 0.333. The van der Waals surface area contributed by atoms with Crippen molar-refractivity contribution in [2.75, 3.05) is 31.1 Å². The van der Waals surface area contributed by atoms with Gasteiger partial charge in [0, 0.05) is 31.9 Å². The summed E-state index contributed by atoms with van der Waals surface area (Å²) >= 11 is 0. The summed E-state index contributed by atoms with van der Waals surface area (Å²) in [6, 6.07) is 5.86. The Bertz CT molecular complexity index is 586. The average Bonchev–Trinajstić information content (AvgIpc) is 2.40. The third-order valence-corrected chi connectivity index (χ3v) is 3.11. The number of hydrogen-bond acceptors (Lipinski definition) is 4. The lowest BCUT2D eigenvalue weighted by atomic mass is 10.2. The highest BCUT2D eigenvalue weighted by Crippen LogP contribution is 2.18. The van der Waals surface area contributed by atoms with Gasteiger partial charge in [0.2, 0.25) is 0 Å². The fourth-order valence-corrected chi connectivity index (χ4v) is 2.18. The quantitative estimate of drug-likeness (QED) is 0.741. The highest BCUT2D eigenvalue weighted by atomic mass is 16.1. The van der Waals surface area contributed by atoms with E-state index >= 15 is 0 Å². The van der Waals surface area contributed by atoms with Crippen LogP contribution in [0.3, 0.4) is 0 Å². The molecule has 1 aromatic carbocycles. The Balaban J connectivity index is 2.06. The first-order valence-electron chi connectivity index (χ1n) is 5.78. The molecule has 1 aromatic heterocycles. The highest BCUT2D eigenvalue weighted by Gasteiger charge is 2.11. The molecule has 17 heavy (non-hydrogen) atoms. The second kappa shape index (κ2) is 4.18. The first-order valence-corrected chi connectivity index (χ1v) is 5.78. The molecule has 0 spiro atoms. The number of piperazine rings is 1. The summed E-state index contributed by atoms with van der Waals surface area (Å²) < 4.78 is 0. The van der Waals surface area contributed by atoms with Gasteiger partial charge in [-0.3, -0.25) is 4.79 Å². The Hall–Kier alpha value is -1.88. The van der Waals surface area contributed by atoms with E-state index in [0.717, 1.165) is 37.4 Å². The van der Waals surface area contributed by atoms with Crippen molar-refractivity contribution in [2.24, 2.45) is 0 Å². The third kappa shape index (κ3) is 1.89.